The molecule has 7 atom stereocenters. The third kappa shape index (κ3) is 9.24. The Bertz CT molecular complexity index is 482. The summed E-state index contributed by atoms with van der Waals surface area (Å²) in [6.45, 7) is 16.7. The van der Waals surface area contributed by atoms with Crippen molar-refractivity contribution in [3.05, 3.63) is 0 Å². The Morgan fingerprint density at radius 3 is 1.81 bits per heavy atom. The maximum atomic E-state index is 3.85. The van der Waals surface area contributed by atoms with Crippen LogP contribution >= 0.6 is 0 Å². The molecule has 3 fully saturated rings. The topological polar surface area (TPSA) is 48.1 Å². The Hall–Kier alpha value is -0.160. The van der Waals surface area contributed by atoms with E-state index in [-0.39, 0.29) is 0 Å². The van der Waals surface area contributed by atoms with Gasteiger partial charge >= 0.3 is 0 Å². The number of nitrogens with one attached hydrogen (secondary N) is 4. The molecule has 0 amide bonds. The van der Waals surface area contributed by atoms with Crippen LogP contribution in [-0.4, -0.2) is 52.4 Å². The van der Waals surface area contributed by atoms with Gasteiger partial charge in [0.1, 0.15) is 0 Å². The van der Waals surface area contributed by atoms with Crippen LogP contribution < -0.4 is 21.3 Å². The average Bonchev–Trinajstić information content (AvgIpc) is 3.54. The Morgan fingerprint density at radius 1 is 0.625 bits per heavy atom. The maximum absolute atomic E-state index is 3.85. The lowest BCUT2D eigenvalue weighted by Crippen LogP contribution is -2.42. The molecule has 4 nitrogen and oxygen atoms in total. The number of fused-ring (bicyclic) bond motifs is 2. The minimum Gasteiger partial charge on any atom is -0.317 e. The molecule has 4 heteroatoms. The fourth-order valence-corrected chi connectivity index (χ4v) is 6.86. The molecule has 0 radical (unpaired) electrons. The van der Waals surface area contributed by atoms with E-state index in [2.05, 4.69) is 42.0 Å². The minimum atomic E-state index is 0.932. The first-order valence-electron chi connectivity index (χ1n) is 14.5. The van der Waals surface area contributed by atoms with Gasteiger partial charge in [0, 0.05) is 0 Å². The van der Waals surface area contributed by atoms with Crippen molar-refractivity contribution in [3.63, 3.8) is 0 Å². The molecule has 0 spiro atoms. The zero-order chi connectivity index (χ0) is 22.6. The van der Waals surface area contributed by atoms with Crippen LogP contribution in [0.2, 0.25) is 0 Å². The maximum Gasteiger partial charge on any atom is -0.00153 e. The Kier molecular flexibility index (Phi) is 12.4. The van der Waals surface area contributed by atoms with Crippen LogP contribution in [0.15, 0.2) is 0 Å². The molecule has 3 saturated carbocycles. The summed E-state index contributed by atoms with van der Waals surface area (Å²) in [6.07, 6.45) is 14.1. The van der Waals surface area contributed by atoms with Gasteiger partial charge in [-0.05, 0) is 152 Å². The molecule has 3 aliphatic carbocycles. The Morgan fingerprint density at radius 2 is 1.22 bits per heavy atom. The molecule has 3 aliphatic rings. The van der Waals surface area contributed by atoms with Gasteiger partial charge in [-0.15, -0.1) is 0 Å². The second-order valence-corrected chi connectivity index (χ2v) is 11.6. The number of unbranched alkanes of at least 4 members (excludes halogenated alkanes) is 2. The molecule has 2 bridgehead atoms. The molecule has 0 aliphatic heterocycles. The number of hydrogen-bond donors (Lipinski definition) is 4. The highest BCUT2D eigenvalue weighted by atomic mass is 14.9. The number of hydrogen-bond acceptors (Lipinski definition) is 4. The first-order chi connectivity index (χ1) is 15.7. The van der Waals surface area contributed by atoms with Crippen LogP contribution in [0.4, 0.5) is 0 Å². The minimum absolute atomic E-state index is 0.932. The molecule has 0 saturated heterocycles. The predicted molar refractivity (Wildman–Crippen MR) is 139 cm³/mol. The molecule has 3 rings (SSSR count). The van der Waals surface area contributed by atoms with E-state index in [0.29, 0.717) is 0 Å². The van der Waals surface area contributed by atoms with Crippen LogP contribution in [0, 0.1) is 41.4 Å². The molecule has 0 aromatic heterocycles. The van der Waals surface area contributed by atoms with Crippen molar-refractivity contribution in [2.24, 2.45) is 41.4 Å². The van der Waals surface area contributed by atoms with E-state index in [0.717, 1.165) is 48.0 Å². The lowest BCUT2D eigenvalue weighted by Gasteiger charge is -2.47. The van der Waals surface area contributed by atoms with E-state index in [1.807, 2.05) is 0 Å². The molecular weight excluding hydrogens is 392 g/mol. The molecule has 0 aromatic rings. The number of rotatable bonds is 18. The summed E-state index contributed by atoms with van der Waals surface area (Å²) in [6, 6.07) is 0. The van der Waals surface area contributed by atoms with Gasteiger partial charge in [-0.2, -0.15) is 0 Å². The highest BCUT2D eigenvalue weighted by molar-refractivity contribution is 4.91. The van der Waals surface area contributed by atoms with Gasteiger partial charge in [-0.25, -0.2) is 0 Å². The molecular formula is C28H56N4. The summed E-state index contributed by atoms with van der Waals surface area (Å²) in [7, 11) is 0. The Labute approximate surface area is 200 Å². The largest absolute Gasteiger partial charge is 0.317 e. The van der Waals surface area contributed by atoms with Gasteiger partial charge in [-0.3, -0.25) is 0 Å². The smallest absolute Gasteiger partial charge is 0.00153 e. The van der Waals surface area contributed by atoms with Crippen molar-refractivity contribution in [2.75, 3.05) is 52.4 Å². The summed E-state index contributed by atoms with van der Waals surface area (Å²) in [5.74, 6) is 6.82. The van der Waals surface area contributed by atoms with Gasteiger partial charge in [0.25, 0.3) is 0 Å². The van der Waals surface area contributed by atoms with Crippen LogP contribution in [0.25, 0.3) is 0 Å². The van der Waals surface area contributed by atoms with Gasteiger partial charge in [0.2, 0.25) is 0 Å². The molecule has 4 N–H and O–H groups in total. The lowest BCUT2D eigenvalue weighted by molar-refractivity contribution is 0.0409. The van der Waals surface area contributed by atoms with E-state index < -0.39 is 0 Å². The van der Waals surface area contributed by atoms with E-state index in [1.165, 1.54) is 110 Å². The van der Waals surface area contributed by atoms with Gasteiger partial charge in [-0.1, -0.05) is 27.2 Å². The fourth-order valence-electron chi connectivity index (χ4n) is 6.86. The third-order valence-electron chi connectivity index (χ3n) is 8.98. The summed E-state index contributed by atoms with van der Waals surface area (Å²) in [5, 5.41) is 14.6. The fraction of sp³-hybridized carbons (Fsp3) is 1.00. The van der Waals surface area contributed by atoms with Crippen molar-refractivity contribution in [1.29, 1.82) is 0 Å². The van der Waals surface area contributed by atoms with Crippen molar-refractivity contribution in [2.45, 2.75) is 85.0 Å². The normalized spacial score (nSPS) is 34.0. The zero-order valence-electron chi connectivity index (χ0n) is 21.8. The van der Waals surface area contributed by atoms with E-state index >= 15 is 0 Å². The highest BCUT2D eigenvalue weighted by Crippen LogP contribution is 2.48. The summed E-state index contributed by atoms with van der Waals surface area (Å²) in [5.41, 5.74) is 0. The van der Waals surface area contributed by atoms with Crippen molar-refractivity contribution in [1.82, 2.24) is 21.3 Å². The second-order valence-electron chi connectivity index (χ2n) is 11.6. The SMILES string of the molecule is CCNCCCCNC[C@H]1C[C@@H]1CNCCCCNCC1C(C)CC2CC(CC)CC1C2. The van der Waals surface area contributed by atoms with Crippen LogP contribution in [0.1, 0.15) is 85.0 Å². The first kappa shape index (κ1) is 26.4. The van der Waals surface area contributed by atoms with Gasteiger partial charge in [0.05, 0.1) is 0 Å². The summed E-state index contributed by atoms with van der Waals surface area (Å²) >= 11 is 0. The van der Waals surface area contributed by atoms with Gasteiger partial charge < -0.3 is 21.3 Å². The highest BCUT2D eigenvalue weighted by Gasteiger charge is 2.40. The van der Waals surface area contributed by atoms with Crippen LogP contribution in [0.3, 0.4) is 0 Å². The second kappa shape index (κ2) is 15.0. The summed E-state index contributed by atoms with van der Waals surface area (Å²) in [4.78, 5) is 0. The monoisotopic (exact) mass is 448 g/mol. The van der Waals surface area contributed by atoms with Crippen molar-refractivity contribution < 1.29 is 0 Å². The Balaban J connectivity index is 1.11. The summed E-state index contributed by atoms with van der Waals surface area (Å²) < 4.78 is 0. The first-order valence-corrected chi connectivity index (χ1v) is 14.5. The van der Waals surface area contributed by atoms with E-state index in [9.17, 15) is 0 Å². The molecule has 0 aromatic carbocycles. The molecule has 5 unspecified atom stereocenters. The van der Waals surface area contributed by atoms with Gasteiger partial charge in [0.15, 0.2) is 0 Å². The third-order valence-corrected chi connectivity index (χ3v) is 8.98. The molecule has 0 heterocycles. The van der Waals surface area contributed by atoms with E-state index in [1.54, 1.807) is 0 Å². The standard InChI is InChI=1S/C28H56N4/c1-4-23-15-24-14-22(3)28(25(16-23)17-24)21-32-13-9-8-12-31-20-27-18-26(27)19-30-11-7-6-10-29-5-2/h22-32H,4-21H2,1-3H3/t22?,23?,24?,25?,26-,27-,28?/m1/s1. The van der Waals surface area contributed by atoms with Crippen LogP contribution in [0.5, 0.6) is 0 Å². The average molecular weight is 449 g/mol. The quantitative estimate of drug-likeness (QED) is 0.230. The lowest BCUT2D eigenvalue weighted by atomic mass is 9.59. The zero-order valence-corrected chi connectivity index (χ0v) is 21.8. The van der Waals surface area contributed by atoms with E-state index in [4.69, 9.17) is 0 Å². The predicted octanol–water partition coefficient (Wildman–Crippen LogP) is 4.66. The van der Waals surface area contributed by atoms with Crippen LogP contribution in [-0.2, 0) is 0 Å². The molecule has 32 heavy (non-hydrogen) atoms. The van der Waals surface area contributed by atoms with Crippen molar-refractivity contribution in [3.8, 4) is 0 Å². The molecule has 188 valence electrons. The van der Waals surface area contributed by atoms with Crippen molar-refractivity contribution >= 4 is 0 Å².